The summed E-state index contributed by atoms with van der Waals surface area (Å²) < 4.78 is 13.5. The predicted molar refractivity (Wildman–Crippen MR) is 107 cm³/mol. The van der Waals surface area contributed by atoms with Crippen LogP contribution in [-0.4, -0.2) is 27.6 Å². The van der Waals surface area contributed by atoms with Crippen molar-refractivity contribution in [3.8, 4) is 17.3 Å². The smallest absolute Gasteiger partial charge is 0.360 e. The van der Waals surface area contributed by atoms with Crippen molar-refractivity contribution in [2.75, 3.05) is 7.11 Å². The van der Waals surface area contributed by atoms with Crippen LogP contribution < -0.4 is 0 Å². The van der Waals surface area contributed by atoms with E-state index >= 15 is 0 Å². The fourth-order valence-corrected chi connectivity index (χ4v) is 5.67. The van der Waals surface area contributed by atoms with Crippen LogP contribution in [-0.2, 0) is 16.9 Å². The van der Waals surface area contributed by atoms with Crippen LogP contribution in [0.15, 0.2) is 57.6 Å². The lowest BCUT2D eigenvalue weighted by Crippen LogP contribution is -2.03. The minimum atomic E-state index is -0.525. The van der Waals surface area contributed by atoms with E-state index in [9.17, 15) is 4.79 Å². The summed E-state index contributed by atoms with van der Waals surface area (Å²) in [6.07, 6.45) is 4.01. The van der Waals surface area contributed by atoms with Gasteiger partial charge in [0.2, 0.25) is 5.89 Å². The first kappa shape index (κ1) is 17.3. The fourth-order valence-electron chi connectivity index (χ4n) is 3.18. The van der Waals surface area contributed by atoms with Gasteiger partial charge in [-0.05, 0) is 11.6 Å². The van der Waals surface area contributed by atoms with Crippen molar-refractivity contribution in [1.82, 2.24) is 14.5 Å². The minimum absolute atomic E-state index is 0.143. The van der Waals surface area contributed by atoms with Crippen LogP contribution in [0.2, 0.25) is 0 Å². The molecule has 0 spiro atoms. The van der Waals surface area contributed by atoms with Crippen molar-refractivity contribution in [2.45, 2.75) is 16.4 Å². The van der Waals surface area contributed by atoms with Gasteiger partial charge in [-0.1, -0.05) is 30.3 Å². The van der Waals surface area contributed by atoms with Crippen LogP contribution in [0.25, 0.3) is 17.3 Å². The van der Waals surface area contributed by atoms with Crippen LogP contribution in [0, 0.1) is 0 Å². The molecule has 0 radical (unpaired) electrons. The number of esters is 1. The van der Waals surface area contributed by atoms with E-state index in [0.717, 1.165) is 23.6 Å². The number of nitrogens with zero attached hydrogens (tertiary/aromatic N) is 3. The Morgan fingerprint density at radius 1 is 1.32 bits per heavy atom. The molecule has 0 saturated heterocycles. The number of imidazole rings is 1. The van der Waals surface area contributed by atoms with Gasteiger partial charge in [-0.3, -0.25) is 4.57 Å². The van der Waals surface area contributed by atoms with Crippen LogP contribution in [0.4, 0.5) is 0 Å². The Bertz CT molecular complexity index is 1160. The molecule has 28 heavy (non-hydrogen) atoms. The molecule has 0 N–H and O–H groups in total. The van der Waals surface area contributed by atoms with E-state index in [1.165, 1.54) is 28.0 Å². The number of carbonyl (C=O) groups excluding carboxylic acids is 1. The molecule has 0 bridgehead atoms. The third-order valence-electron chi connectivity index (χ3n) is 4.52. The Morgan fingerprint density at radius 3 is 3.00 bits per heavy atom. The van der Waals surface area contributed by atoms with Gasteiger partial charge < -0.3 is 9.15 Å². The van der Waals surface area contributed by atoms with Gasteiger partial charge in [0.25, 0.3) is 0 Å². The number of hydrogen-bond acceptors (Lipinski definition) is 7. The average Bonchev–Trinajstić information content (AvgIpc) is 3.44. The van der Waals surface area contributed by atoms with Crippen molar-refractivity contribution in [1.29, 1.82) is 0 Å². The Kier molecular flexibility index (Phi) is 4.29. The van der Waals surface area contributed by atoms with Gasteiger partial charge >= 0.3 is 5.97 Å². The standard InChI is InChI=1S/C20H15N3O3S2/c1-25-19(24)14-9-26-18(22-14)17-16-10-27-20-15(23(16)11-21-17)8-13(28-20)7-12-5-3-2-4-6-12/h2-6,8-9,11H,7,10H2,1H3. The van der Waals surface area contributed by atoms with E-state index in [1.807, 2.05) is 17.4 Å². The molecule has 6 nitrogen and oxygen atoms in total. The summed E-state index contributed by atoms with van der Waals surface area (Å²) in [6, 6.07) is 12.7. The molecule has 3 aromatic heterocycles. The maximum Gasteiger partial charge on any atom is 0.360 e. The SMILES string of the molecule is COC(=O)c1coc(-c2ncn3c2CSc2sc(Cc4ccccc4)cc2-3)n1. The van der Waals surface area contributed by atoms with Crippen LogP contribution in [0.5, 0.6) is 0 Å². The van der Waals surface area contributed by atoms with Gasteiger partial charge in [0, 0.05) is 17.1 Å². The summed E-state index contributed by atoms with van der Waals surface area (Å²) in [5.74, 6) is 0.574. The van der Waals surface area contributed by atoms with E-state index in [4.69, 9.17) is 4.42 Å². The third kappa shape index (κ3) is 2.94. The summed E-state index contributed by atoms with van der Waals surface area (Å²) in [4.78, 5) is 21.7. The number of benzene rings is 1. The summed E-state index contributed by atoms with van der Waals surface area (Å²) in [6.45, 7) is 0. The highest BCUT2D eigenvalue weighted by molar-refractivity contribution is 8.00. The highest BCUT2D eigenvalue weighted by Crippen LogP contribution is 2.43. The van der Waals surface area contributed by atoms with Crippen LogP contribution >= 0.6 is 23.1 Å². The van der Waals surface area contributed by atoms with Crippen molar-refractivity contribution in [3.05, 3.63) is 70.8 Å². The zero-order valence-electron chi connectivity index (χ0n) is 14.9. The molecular weight excluding hydrogens is 394 g/mol. The number of thiophene rings is 1. The number of oxazole rings is 1. The molecule has 5 rings (SSSR count). The summed E-state index contributed by atoms with van der Waals surface area (Å²) in [7, 11) is 1.32. The van der Waals surface area contributed by atoms with Gasteiger partial charge in [0.1, 0.15) is 18.3 Å². The second-order valence-corrected chi connectivity index (χ2v) is 8.66. The van der Waals surface area contributed by atoms with E-state index in [0.29, 0.717) is 11.6 Å². The first-order chi connectivity index (χ1) is 13.7. The predicted octanol–water partition coefficient (Wildman–Crippen LogP) is 4.57. The second-order valence-electron chi connectivity index (χ2n) is 6.28. The number of hydrogen-bond donors (Lipinski definition) is 0. The molecule has 1 aromatic carbocycles. The lowest BCUT2D eigenvalue weighted by atomic mass is 10.1. The molecule has 140 valence electrons. The van der Waals surface area contributed by atoms with Crippen molar-refractivity contribution < 1.29 is 13.9 Å². The second kappa shape index (κ2) is 6.96. The van der Waals surface area contributed by atoms with Crippen LogP contribution in [0.3, 0.4) is 0 Å². The highest BCUT2D eigenvalue weighted by atomic mass is 32.2. The summed E-state index contributed by atoms with van der Waals surface area (Å²) in [5.41, 5.74) is 4.25. The van der Waals surface area contributed by atoms with Gasteiger partial charge in [-0.15, -0.1) is 23.1 Å². The number of carbonyl (C=O) groups is 1. The number of fused-ring (bicyclic) bond motifs is 3. The molecule has 8 heteroatoms. The first-order valence-corrected chi connectivity index (χ1v) is 10.4. The third-order valence-corrected chi connectivity index (χ3v) is 6.93. The molecule has 0 saturated carbocycles. The first-order valence-electron chi connectivity index (χ1n) is 8.63. The van der Waals surface area contributed by atoms with Crippen molar-refractivity contribution in [3.63, 3.8) is 0 Å². The van der Waals surface area contributed by atoms with Gasteiger partial charge in [-0.2, -0.15) is 0 Å². The topological polar surface area (TPSA) is 70.2 Å². The Morgan fingerprint density at radius 2 is 2.18 bits per heavy atom. The zero-order chi connectivity index (χ0) is 19.1. The molecule has 4 aromatic rings. The molecule has 4 heterocycles. The summed E-state index contributed by atoms with van der Waals surface area (Å²) in [5, 5.41) is 0. The van der Waals surface area contributed by atoms with Crippen LogP contribution in [0.1, 0.15) is 26.6 Å². The molecule has 0 atom stereocenters. The molecule has 1 aliphatic rings. The van der Waals surface area contributed by atoms with E-state index in [-0.39, 0.29) is 5.69 Å². The number of rotatable bonds is 4. The number of thioether (sulfide) groups is 1. The molecular formula is C20H15N3O3S2. The maximum absolute atomic E-state index is 11.6. The minimum Gasteiger partial charge on any atom is -0.464 e. The average molecular weight is 409 g/mol. The van der Waals surface area contributed by atoms with Crippen molar-refractivity contribution >= 4 is 29.1 Å². The Labute approximate surface area is 169 Å². The Hall–Kier alpha value is -2.84. The highest BCUT2D eigenvalue weighted by Gasteiger charge is 2.26. The molecule has 0 fully saturated rings. The Balaban J connectivity index is 1.48. The van der Waals surface area contributed by atoms with E-state index in [1.54, 1.807) is 18.1 Å². The maximum atomic E-state index is 11.6. The van der Waals surface area contributed by atoms with Crippen molar-refractivity contribution in [2.24, 2.45) is 0 Å². The largest absolute Gasteiger partial charge is 0.464 e. The molecule has 0 amide bonds. The summed E-state index contributed by atoms with van der Waals surface area (Å²) >= 11 is 3.61. The number of methoxy groups -OCH3 is 1. The normalized spacial score (nSPS) is 12.5. The molecule has 0 aliphatic carbocycles. The quantitative estimate of drug-likeness (QED) is 0.460. The van der Waals surface area contributed by atoms with E-state index < -0.39 is 5.97 Å². The monoisotopic (exact) mass is 409 g/mol. The van der Waals surface area contributed by atoms with Gasteiger partial charge in [-0.25, -0.2) is 14.8 Å². The number of ether oxygens (including phenoxy) is 1. The lowest BCUT2D eigenvalue weighted by molar-refractivity contribution is 0.0594. The lowest BCUT2D eigenvalue weighted by Gasteiger charge is -2.14. The molecule has 1 aliphatic heterocycles. The fraction of sp³-hybridized carbons (Fsp3) is 0.150. The van der Waals surface area contributed by atoms with E-state index in [2.05, 4.69) is 49.6 Å². The van der Waals surface area contributed by atoms with Gasteiger partial charge in [0.05, 0.1) is 22.7 Å². The van der Waals surface area contributed by atoms with Gasteiger partial charge in [0.15, 0.2) is 5.69 Å². The zero-order valence-corrected chi connectivity index (χ0v) is 16.5. The molecule has 0 unspecified atom stereocenters. The number of aromatic nitrogens is 3.